The van der Waals surface area contributed by atoms with Gasteiger partial charge in [-0.1, -0.05) is 48.0 Å². The third kappa shape index (κ3) is 7.55. The molecule has 0 spiro atoms. The highest BCUT2D eigenvalue weighted by Crippen LogP contribution is 2.33. The molecular weight excluding hydrogens is 550 g/mol. The Hall–Kier alpha value is -3.56. The van der Waals surface area contributed by atoms with Crippen molar-refractivity contribution in [3.05, 3.63) is 88.9 Å². The van der Waals surface area contributed by atoms with Gasteiger partial charge in [0.1, 0.15) is 18.3 Å². The highest BCUT2D eigenvalue weighted by molar-refractivity contribution is 7.92. The molecule has 0 saturated carbocycles. The molecule has 1 N–H and O–H groups in total. The van der Waals surface area contributed by atoms with Gasteiger partial charge in [-0.05, 0) is 82.1 Å². The Morgan fingerprint density at radius 3 is 2.20 bits per heavy atom. The number of nitrogens with zero attached hydrogens (tertiary/aromatic N) is 2. The Balaban J connectivity index is 2.09. The number of para-hydroxylation sites is 2. The lowest BCUT2D eigenvalue weighted by Gasteiger charge is -2.33. The number of carbonyl (C=O) groups excluding carboxylic acids is 2. The first kappa shape index (κ1) is 31.0. The quantitative estimate of drug-likeness (QED) is 0.316. The van der Waals surface area contributed by atoms with Gasteiger partial charge in [-0.15, -0.1) is 0 Å². The first-order chi connectivity index (χ1) is 18.9. The summed E-state index contributed by atoms with van der Waals surface area (Å²) in [6.45, 7) is 8.89. The van der Waals surface area contributed by atoms with Crippen molar-refractivity contribution < 1.29 is 22.7 Å². The number of rotatable bonds is 12. The van der Waals surface area contributed by atoms with Crippen molar-refractivity contribution in [2.24, 2.45) is 0 Å². The molecule has 1 atom stereocenters. The molecule has 0 heterocycles. The summed E-state index contributed by atoms with van der Waals surface area (Å²) in [6, 6.07) is 18.9. The van der Waals surface area contributed by atoms with Gasteiger partial charge in [0.15, 0.2) is 0 Å². The first-order valence-electron chi connectivity index (χ1n) is 13.1. The monoisotopic (exact) mass is 585 g/mol. The van der Waals surface area contributed by atoms with Crippen LogP contribution in [0.5, 0.6) is 5.75 Å². The normalized spacial score (nSPS) is 12.1. The molecule has 3 aromatic carbocycles. The number of ether oxygens (including phenoxy) is 1. The molecule has 0 aliphatic rings. The number of anilines is 1. The van der Waals surface area contributed by atoms with Gasteiger partial charge in [0.25, 0.3) is 10.0 Å². The van der Waals surface area contributed by atoms with Crippen LogP contribution in [0.3, 0.4) is 0 Å². The molecule has 0 fully saturated rings. The second-order valence-corrected chi connectivity index (χ2v) is 12.0. The molecule has 0 bridgehead atoms. The number of sulfonamides is 1. The van der Waals surface area contributed by atoms with Crippen LogP contribution >= 0.6 is 11.6 Å². The van der Waals surface area contributed by atoms with Crippen LogP contribution in [0.4, 0.5) is 5.69 Å². The van der Waals surface area contributed by atoms with Crippen LogP contribution in [0.1, 0.15) is 38.8 Å². The molecule has 214 valence electrons. The van der Waals surface area contributed by atoms with Crippen LogP contribution in [0, 0.1) is 6.92 Å². The van der Waals surface area contributed by atoms with Crippen LogP contribution in [-0.2, 0) is 26.2 Å². The molecule has 0 aliphatic heterocycles. The number of hydrogen-bond acceptors (Lipinski definition) is 5. The maximum atomic E-state index is 14.1. The molecule has 2 amide bonds. The largest absolute Gasteiger partial charge is 0.492 e. The van der Waals surface area contributed by atoms with Gasteiger partial charge in [-0.3, -0.25) is 13.9 Å². The Labute approximate surface area is 241 Å². The topological polar surface area (TPSA) is 96.0 Å². The van der Waals surface area contributed by atoms with Crippen LogP contribution in [0.15, 0.2) is 77.7 Å². The van der Waals surface area contributed by atoms with Gasteiger partial charge >= 0.3 is 0 Å². The van der Waals surface area contributed by atoms with Crippen LogP contribution in [0.2, 0.25) is 5.02 Å². The van der Waals surface area contributed by atoms with E-state index in [1.165, 1.54) is 29.2 Å². The van der Waals surface area contributed by atoms with E-state index in [4.69, 9.17) is 16.3 Å². The fourth-order valence-corrected chi connectivity index (χ4v) is 5.70. The highest BCUT2D eigenvalue weighted by Gasteiger charge is 2.34. The van der Waals surface area contributed by atoms with Crippen molar-refractivity contribution in [2.75, 3.05) is 17.5 Å². The van der Waals surface area contributed by atoms with Gasteiger partial charge in [0.2, 0.25) is 11.8 Å². The molecule has 3 aromatic rings. The summed E-state index contributed by atoms with van der Waals surface area (Å²) in [5.41, 5.74) is 2.01. The third-order valence-corrected chi connectivity index (χ3v) is 8.34. The number of hydrogen-bond donors (Lipinski definition) is 1. The van der Waals surface area contributed by atoms with Crippen LogP contribution in [-0.4, -0.2) is 50.4 Å². The number of benzene rings is 3. The number of halogens is 1. The van der Waals surface area contributed by atoms with E-state index in [0.717, 1.165) is 15.4 Å². The fraction of sp³-hybridized carbons (Fsp3) is 0.333. The second kappa shape index (κ2) is 13.7. The predicted molar refractivity (Wildman–Crippen MR) is 158 cm³/mol. The van der Waals surface area contributed by atoms with Crippen molar-refractivity contribution in [3.63, 3.8) is 0 Å². The summed E-state index contributed by atoms with van der Waals surface area (Å²) in [5, 5.41) is 3.23. The summed E-state index contributed by atoms with van der Waals surface area (Å²) in [5.74, 6) is -0.566. The molecular formula is C30H36ClN3O5S. The van der Waals surface area contributed by atoms with Gasteiger partial charge in [-0.25, -0.2) is 8.42 Å². The zero-order chi connectivity index (χ0) is 29.4. The Morgan fingerprint density at radius 1 is 0.950 bits per heavy atom. The molecule has 0 saturated heterocycles. The summed E-state index contributed by atoms with van der Waals surface area (Å²) in [4.78, 5) is 28.5. The maximum absolute atomic E-state index is 14.1. The highest BCUT2D eigenvalue weighted by atomic mass is 35.5. The second-order valence-electron chi connectivity index (χ2n) is 9.65. The zero-order valence-corrected chi connectivity index (χ0v) is 25.0. The van der Waals surface area contributed by atoms with Crippen molar-refractivity contribution in [1.29, 1.82) is 0 Å². The minimum Gasteiger partial charge on any atom is -0.492 e. The number of amides is 2. The average Bonchev–Trinajstić information content (AvgIpc) is 2.91. The lowest BCUT2D eigenvalue weighted by Crippen LogP contribution is -2.52. The summed E-state index contributed by atoms with van der Waals surface area (Å²) >= 11 is 6.01. The molecule has 8 nitrogen and oxygen atoms in total. The van der Waals surface area contributed by atoms with Crippen LogP contribution in [0.25, 0.3) is 0 Å². The molecule has 1 unspecified atom stereocenters. The van der Waals surface area contributed by atoms with Gasteiger partial charge < -0.3 is 15.0 Å². The summed E-state index contributed by atoms with van der Waals surface area (Å²) in [6.07, 6.45) is 0. The van der Waals surface area contributed by atoms with Crippen LogP contribution < -0.4 is 14.4 Å². The maximum Gasteiger partial charge on any atom is 0.264 e. The van der Waals surface area contributed by atoms with Gasteiger partial charge in [0, 0.05) is 17.6 Å². The first-order valence-corrected chi connectivity index (χ1v) is 14.9. The SMILES string of the molecule is CCOc1ccccc1N(CC(=O)N(Cc1ccccc1C)C(C)C(=O)NC(C)C)S(=O)(=O)c1ccc(Cl)cc1. The molecule has 40 heavy (non-hydrogen) atoms. The van der Waals surface area contributed by atoms with Gasteiger partial charge in [-0.2, -0.15) is 0 Å². The third-order valence-electron chi connectivity index (χ3n) is 6.31. The molecule has 0 aliphatic carbocycles. The lowest BCUT2D eigenvalue weighted by molar-refractivity contribution is -0.139. The van der Waals surface area contributed by atoms with Crippen molar-refractivity contribution in [2.45, 2.75) is 58.1 Å². The lowest BCUT2D eigenvalue weighted by atomic mass is 10.1. The van der Waals surface area contributed by atoms with Gasteiger partial charge in [0.05, 0.1) is 17.2 Å². The van der Waals surface area contributed by atoms with E-state index in [1.54, 1.807) is 38.1 Å². The number of nitrogens with one attached hydrogen (secondary N) is 1. The Morgan fingerprint density at radius 2 is 1.57 bits per heavy atom. The smallest absolute Gasteiger partial charge is 0.264 e. The summed E-state index contributed by atoms with van der Waals surface area (Å²) < 4.78 is 34.8. The predicted octanol–water partition coefficient (Wildman–Crippen LogP) is 5.18. The molecule has 0 aromatic heterocycles. The zero-order valence-electron chi connectivity index (χ0n) is 23.4. The molecule has 10 heteroatoms. The minimum atomic E-state index is -4.24. The van der Waals surface area contributed by atoms with E-state index in [-0.39, 0.29) is 29.1 Å². The average molecular weight is 586 g/mol. The number of aryl methyl sites for hydroxylation is 1. The van der Waals surface area contributed by atoms with Crippen molar-refractivity contribution in [1.82, 2.24) is 10.2 Å². The fourth-order valence-electron chi connectivity index (χ4n) is 4.15. The van der Waals surface area contributed by atoms with E-state index < -0.39 is 28.5 Å². The van der Waals surface area contributed by atoms with E-state index in [2.05, 4.69) is 5.32 Å². The number of carbonyl (C=O) groups is 2. The summed E-state index contributed by atoms with van der Waals surface area (Å²) in [7, 11) is -4.24. The molecule has 0 radical (unpaired) electrons. The van der Waals surface area contributed by atoms with Crippen molar-refractivity contribution >= 4 is 39.1 Å². The van der Waals surface area contributed by atoms with E-state index in [0.29, 0.717) is 17.4 Å². The Bertz CT molecular complexity index is 1430. The van der Waals surface area contributed by atoms with E-state index >= 15 is 0 Å². The van der Waals surface area contributed by atoms with Crippen molar-refractivity contribution in [3.8, 4) is 5.75 Å². The molecule has 3 rings (SSSR count). The Kier molecular flexibility index (Phi) is 10.6. The standard InChI is InChI=1S/C30H36ClN3O5S/c1-6-39-28-14-10-9-13-27(28)34(40(37,38)26-17-15-25(31)16-18-26)20-29(35)33(23(5)30(36)32-21(2)3)19-24-12-8-7-11-22(24)4/h7-18,21,23H,6,19-20H2,1-5H3,(H,32,36). The minimum absolute atomic E-state index is 0.0351. The van der Waals surface area contributed by atoms with E-state index in [9.17, 15) is 18.0 Å². The van der Waals surface area contributed by atoms with E-state index in [1.807, 2.05) is 45.0 Å².